The van der Waals surface area contributed by atoms with Crippen LogP contribution in [0, 0.1) is 17.6 Å². The number of anilines is 1. The van der Waals surface area contributed by atoms with Gasteiger partial charge in [-0.3, -0.25) is 28.2 Å². The molecular formula is C43H32ClF9N8O6S2. The van der Waals surface area contributed by atoms with Crippen molar-refractivity contribution in [2.45, 2.75) is 61.3 Å². The van der Waals surface area contributed by atoms with Gasteiger partial charge >= 0.3 is 6.18 Å². The summed E-state index contributed by atoms with van der Waals surface area (Å²) < 4.78 is 186. The molecule has 1 amide bonds. The molecule has 2 N–H and O–H groups in total. The SMILES string of the molecule is CS(=O)(=O)Nc1nn(CC(F)(F)F)c2c(-n3c([C@H](Cc4cc(F)cc(F)c4)NC(=O)Cn4nc(C(F)F)c5c4C(F)(F)C4C[C@@H]54)nc4cc(-c5ccccc5S(C)(=O)=O)ccc4c3=O)ccc(Cl)c12. The summed E-state index contributed by atoms with van der Waals surface area (Å²) in [4.78, 5) is 33.9. The molecular weight excluding hydrogens is 995 g/mol. The van der Waals surface area contributed by atoms with E-state index in [9.17, 15) is 52.4 Å². The van der Waals surface area contributed by atoms with Gasteiger partial charge < -0.3 is 5.32 Å². The molecule has 0 saturated heterocycles. The number of nitrogens with one attached hydrogen (secondary N) is 2. The van der Waals surface area contributed by atoms with E-state index in [1.165, 1.54) is 42.5 Å². The Kier molecular flexibility index (Phi) is 11.5. The number of alkyl halides is 7. The van der Waals surface area contributed by atoms with Crippen LogP contribution in [0.3, 0.4) is 0 Å². The molecule has 0 aliphatic heterocycles. The van der Waals surface area contributed by atoms with E-state index in [1.807, 2.05) is 4.72 Å². The van der Waals surface area contributed by atoms with Crippen LogP contribution in [0.25, 0.3) is 38.6 Å². The van der Waals surface area contributed by atoms with Gasteiger partial charge in [-0.2, -0.15) is 32.1 Å². The molecule has 7 aromatic rings. The van der Waals surface area contributed by atoms with E-state index in [0.29, 0.717) is 26.3 Å². The van der Waals surface area contributed by atoms with E-state index in [2.05, 4.69) is 20.5 Å². The molecule has 2 aliphatic rings. The molecule has 69 heavy (non-hydrogen) atoms. The van der Waals surface area contributed by atoms with Gasteiger partial charge in [-0.25, -0.2) is 39.4 Å². The van der Waals surface area contributed by atoms with Crippen molar-refractivity contribution in [3.05, 3.63) is 128 Å². The lowest BCUT2D eigenvalue weighted by atomic mass is 10.0. The van der Waals surface area contributed by atoms with E-state index in [0.717, 1.165) is 30.5 Å². The third-order valence-electron chi connectivity index (χ3n) is 11.6. The van der Waals surface area contributed by atoms with Crippen molar-refractivity contribution in [3.8, 4) is 16.8 Å². The fraction of sp³-hybridized carbons (Fsp3) is 0.279. The second kappa shape index (κ2) is 16.6. The Hall–Kier alpha value is -6.47. The van der Waals surface area contributed by atoms with Gasteiger partial charge in [0.1, 0.15) is 41.9 Å². The molecule has 3 atom stereocenters. The first-order valence-corrected chi connectivity index (χ1v) is 24.5. The topological polar surface area (TPSA) is 180 Å². The number of nitrogens with zero attached hydrogens (tertiary/aromatic N) is 6. The van der Waals surface area contributed by atoms with Gasteiger partial charge in [0.05, 0.1) is 49.7 Å². The molecule has 0 radical (unpaired) electrons. The number of sulfonamides is 1. The van der Waals surface area contributed by atoms with E-state index in [1.54, 1.807) is 0 Å². The van der Waals surface area contributed by atoms with E-state index in [-0.39, 0.29) is 43.9 Å². The van der Waals surface area contributed by atoms with Crippen LogP contribution in [0.15, 0.2) is 82.5 Å². The summed E-state index contributed by atoms with van der Waals surface area (Å²) in [5.74, 6) is -10.7. The summed E-state index contributed by atoms with van der Waals surface area (Å²) >= 11 is 6.52. The lowest BCUT2D eigenvalue weighted by molar-refractivity contribution is -0.141. The van der Waals surface area contributed by atoms with Gasteiger partial charge in [0, 0.05) is 35.8 Å². The van der Waals surface area contributed by atoms with Crippen molar-refractivity contribution >= 4 is 65.0 Å². The van der Waals surface area contributed by atoms with Crippen LogP contribution < -0.4 is 15.6 Å². The van der Waals surface area contributed by atoms with Gasteiger partial charge in [0.25, 0.3) is 17.9 Å². The molecule has 26 heteroatoms. The van der Waals surface area contributed by atoms with Gasteiger partial charge in [0.2, 0.25) is 15.9 Å². The van der Waals surface area contributed by atoms with Crippen LogP contribution in [0.5, 0.6) is 0 Å². The molecule has 14 nitrogen and oxygen atoms in total. The van der Waals surface area contributed by atoms with Crippen molar-refractivity contribution < 1.29 is 61.1 Å². The van der Waals surface area contributed by atoms with E-state index < -0.39 is 144 Å². The first kappa shape index (κ1) is 47.6. The minimum absolute atomic E-state index is 0.0950. The largest absolute Gasteiger partial charge is 0.408 e. The van der Waals surface area contributed by atoms with Crippen molar-refractivity contribution in [2.75, 3.05) is 17.2 Å². The van der Waals surface area contributed by atoms with E-state index >= 15 is 13.6 Å². The minimum Gasteiger partial charge on any atom is -0.344 e. The Morgan fingerprint density at radius 2 is 1.64 bits per heavy atom. The number of hydrogen-bond acceptors (Lipinski definition) is 9. The highest BCUT2D eigenvalue weighted by Crippen LogP contribution is 2.68. The fourth-order valence-electron chi connectivity index (χ4n) is 8.96. The lowest BCUT2D eigenvalue weighted by Gasteiger charge is -2.24. The van der Waals surface area contributed by atoms with Gasteiger partial charge in [0.15, 0.2) is 15.7 Å². The molecule has 362 valence electrons. The summed E-state index contributed by atoms with van der Waals surface area (Å²) in [6, 6.07) is 12.1. The number of rotatable bonds is 13. The highest BCUT2D eigenvalue weighted by atomic mass is 35.5. The summed E-state index contributed by atoms with van der Waals surface area (Å²) in [7, 11) is -8.16. The predicted molar refractivity (Wildman–Crippen MR) is 232 cm³/mol. The normalized spacial score (nSPS) is 17.1. The highest BCUT2D eigenvalue weighted by Gasteiger charge is 2.67. The summed E-state index contributed by atoms with van der Waals surface area (Å²) in [5, 5.41) is 8.90. The Morgan fingerprint density at radius 3 is 2.29 bits per heavy atom. The van der Waals surface area contributed by atoms with Crippen molar-refractivity contribution in [1.29, 1.82) is 0 Å². The van der Waals surface area contributed by atoms with Crippen LogP contribution in [-0.4, -0.2) is 70.5 Å². The number of hydrogen-bond donors (Lipinski definition) is 2. The summed E-state index contributed by atoms with van der Waals surface area (Å²) in [6.45, 7) is -3.06. The predicted octanol–water partition coefficient (Wildman–Crippen LogP) is 8.11. The molecule has 3 aromatic heterocycles. The molecule has 0 spiro atoms. The monoisotopic (exact) mass is 1030 g/mol. The van der Waals surface area contributed by atoms with Crippen molar-refractivity contribution in [2.24, 2.45) is 5.92 Å². The van der Waals surface area contributed by atoms with Crippen LogP contribution in [0.4, 0.5) is 45.3 Å². The van der Waals surface area contributed by atoms with Gasteiger partial charge in [-0.05, 0) is 65.9 Å². The number of fused-ring (bicyclic) bond motifs is 5. The maximum Gasteiger partial charge on any atom is 0.408 e. The maximum absolute atomic E-state index is 15.6. The summed E-state index contributed by atoms with van der Waals surface area (Å²) in [6.07, 6.45) is -7.55. The Morgan fingerprint density at radius 1 is 0.942 bits per heavy atom. The Bertz CT molecular complexity index is 3580. The van der Waals surface area contributed by atoms with Crippen molar-refractivity contribution in [1.82, 2.24) is 34.4 Å². The molecule has 0 bridgehead atoms. The smallest absolute Gasteiger partial charge is 0.344 e. The molecule has 9 rings (SSSR count). The summed E-state index contributed by atoms with van der Waals surface area (Å²) in [5.41, 5.74) is -4.69. The lowest BCUT2D eigenvalue weighted by Crippen LogP contribution is -2.38. The van der Waals surface area contributed by atoms with Crippen LogP contribution in [-0.2, 0) is 50.1 Å². The van der Waals surface area contributed by atoms with Crippen LogP contribution in [0.2, 0.25) is 5.02 Å². The third kappa shape index (κ3) is 8.90. The van der Waals surface area contributed by atoms with E-state index in [4.69, 9.17) is 11.6 Å². The maximum atomic E-state index is 15.6. The minimum atomic E-state index is -5.05. The first-order chi connectivity index (χ1) is 32.2. The second-order valence-corrected chi connectivity index (χ2v) is 20.8. The number of benzene rings is 4. The molecule has 1 fully saturated rings. The molecule has 1 saturated carbocycles. The second-order valence-electron chi connectivity index (χ2n) is 16.7. The number of sulfone groups is 1. The quantitative estimate of drug-likeness (QED) is 0.108. The van der Waals surface area contributed by atoms with Crippen molar-refractivity contribution in [3.63, 3.8) is 0 Å². The zero-order valence-electron chi connectivity index (χ0n) is 35.3. The van der Waals surface area contributed by atoms with Crippen LogP contribution in [0.1, 0.15) is 53.1 Å². The number of carbonyl (C=O) groups is 1. The highest BCUT2D eigenvalue weighted by molar-refractivity contribution is 7.92. The standard InChI is InChI=1S/C43H32ClF9N8O6S2/c1-68(64,65)31-6-4-3-5-23(31)20-7-8-24-28(14-20)55-40(61(41(24)63)30-10-9-27(44)34-36(30)60(18-42(49,50)51)57-39(34)58-69(2,66)67)29(13-19-11-21(45)15-22(46)12-19)54-32(62)17-59-37-33(35(56-59)38(47)48)25-16-26(25)43(37,52)53/h3-12,14-15,25-26,29,38H,13,16-18H2,1-2H3,(H,54,62)(H,57,58)/t25-,26?,29+/m1/s1. The zero-order chi connectivity index (χ0) is 49.9. The Labute approximate surface area is 388 Å². The average molecular weight is 1030 g/mol. The van der Waals surface area contributed by atoms with Gasteiger partial charge in [-0.1, -0.05) is 35.9 Å². The fourth-order valence-corrected chi connectivity index (χ4v) is 10.6. The molecule has 1 unspecified atom stereocenters. The molecule has 2 aliphatic carbocycles. The zero-order valence-corrected chi connectivity index (χ0v) is 37.7. The first-order valence-electron chi connectivity index (χ1n) is 20.3. The number of carbonyl (C=O) groups excluding carboxylic acids is 1. The van der Waals surface area contributed by atoms with Crippen LogP contribution >= 0.6 is 11.6 Å². The molecule has 4 aromatic carbocycles. The number of amides is 1. The Balaban J connectivity index is 1.31. The van der Waals surface area contributed by atoms with Gasteiger partial charge in [-0.15, -0.1) is 0 Å². The number of halogens is 10. The number of aromatic nitrogens is 6. The molecule has 3 heterocycles. The third-order valence-corrected chi connectivity index (χ3v) is 13.7. The average Bonchev–Trinajstić information content (AvgIpc) is 3.76.